The van der Waals surface area contributed by atoms with Gasteiger partial charge in [-0.05, 0) is 24.6 Å². The Hall–Kier alpha value is -2.14. The van der Waals surface area contributed by atoms with E-state index in [0.717, 1.165) is 6.07 Å². The smallest absolute Gasteiger partial charge is 0.394 e. The van der Waals surface area contributed by atoms with E-state index in [1.165, 1.54) is 22.9 Å². The first-order chi connectivity index (χ1) is 13.6. The van der Waals surface area contributed by atoms with E-state index in [-0.39, 0.29) is 24.6 Å². The highest BCUT2D eigenvalue weighted by Crippen LogP contribution is 2.35. The third kappa shape index (κ3) is 4.72. The molecule has 3 N–H and O–H groups in total. The summed E-state index contributed by atoms with van der Waals surface area (Å²) in [5, 5.41) is 12.3. The summed E-state index contributed by atoms with van der Waals surface area (Å²) in [4.78, 5) is 25.8. The van der Waals surface area contributed by atoms with Gasteiger partial charge in [0.1, 0.15) is 6.23 Å². The summed E-state index contributed by atoms with van der Waals surface area (Å²) in [5.41, 5.74) is -1.38. The molecule has 1 aromatic carbocycles. The van der Waals surface area contributed by atoms with E-state index >= 15 is 0 Å². The Balaban J connectivity index is 1.74. The molecule has 0 radical (unpaired) electrons. The predicted molar refractivity (Wildman–Crippen MR) is 98.8 cm³/mol. The lowest BCUT2D eigenvalue weighted by Crippen LogP contribution is -2.38. The van der Waals surface area contributed by atoms with Gasteiger partial charge in [-0.25, -0.2) is 4.79 Å². The zero-order chi connectivity index (χ0) is 21.3. The number of aromatic nitrogens is 2. The van der Waals surface area contributed by atoms with Crippen LogP contribution in [-0.4, -0.2) is 33.4 Å². The van der Waals surface area contributed by atoms with Gasteiger partial charge in [-0.2, -0.15) is 13.2 Å². The van der Waals surface area contributed by atoms with E-state index in [1.54, 1.807) is 6.92 Å². The van der Waals surface area contributed by atoms with Crippen molar-refractivity contribution in [2.45, 2.75) is 44.4 Å². The minimum absolute atomic E-state index is 0.0804. The number of aromatic amines is 1. The van der Waals surface area contributed by atoms with Crippen molar-refractivity contribution < 1.29 is 23.0 Å². The molecule has 1 aromatic heterocycles. The molecule has 3 rings (SSSR count). The second-order valence-corrected chi connectivity index (χ2v) is 7.23. The molecule has 0 unspecified atom stereocenters. The van der Waals surface area contributed by atoms with Gasteiger partial charge >= 0.3 is 11.9 Å². The van der Waals surface area contributed by atoms with Gasteiger partial charge in [0, 0.05) is 30.8 Å². The van der Waals surface area contributed by atoms with E-state index in [4.69, 9.17) is 16.3 Å². The van der Waals surface area contributed by atoms with Crippen LogP contribution in [0.1, 0.15) is 29.3 Å². The number of halogens is 4. The largest absolute Gasteiger partial charge is 0.417 e. The van der Waals surface area contributed by atoms with Crippen molar-refractivity contribution in [3.8, 4) is 0 Å². The Morgan fingerprint density at radius 3 is 2.76 bits per heavy atom. The minimum Gasteiger partial charge on any atom is -0.394 e. The fourth-order valence-corrected chi connectivity index (χ4v) is 3.46. The minimum atomic E-state index is -4.56. The molecule has 0 aliphatic carbocycles. The molecule has 2 heterocycles. The Bertz CT molecular complexity index is 1010. The lowest BCUT2D eigenvalue weighted by molar-refractivity contribution is -0.137. The molecule has 1 saturated heterocycles. The Morgan fingerprint density at radius 2 is 2.10 bits per heavy atom. The maximum absolute atomic E-state index is 13.0. The molecule has 1 aliphatic rings. The molecule has 0 amide bonds. The molecule has 1 aliphatic heterocycles. The molecule has 1 fully saturated rings. The van der Waals surface area contributed by atoms with Crippen molar-refractivity contribution in [2.24, 2.45) is 0 Å². The first kappa shape index (κ1) is 21.6. The Labute approximate surface area is 168 Å². The fraction of sp³-hybridized carbons (Fsp3) is 0.444. The van der Waals surface area contributed by atoms with Gasteiger partial charge < -0.3 is 15.2 Å². The van der Waals surface area contributed by atoms with Gasteiger partial charge in [0.2, 0.25) is 0 Å². The zero-order valence-corrected chi connectivity index (χ0v) is 16.0. The van der Waals surface area contributed by atoms with E-state index in [0.29, 0.717) is 11.1 Å². The number of aliphatic hydroxyl groups is 1. The van der Waals surface area contributed by atoms with Crippen LogP contribution in [0.2, 0.25) is 5.02 Å². The number of aliphatic hydroxyl groups excluding tert-OH is 1. The van der Waals surface area contributed by atoms with Crippen LogP contribution in [0, 0.1) is 6.92 Å². The number of ether oxygens (including phenoxy) is 1. The van der Waals surface area contributed by atoms with Crippen LogP contribution in [-0.2, 0) is 17.5 Å². The molecule has 0 saturated carbocycles. The van der Waals surface area contributed by atoms with Gasteiger partial charge in [0.05, 0.1) is 23.3 Å². The normalized spacial score (nSPS) is 22.2. The Morgan fingerprint density at radius 1 is 1.38 bits per heavy atom. The number of alkyl halides is 3. The average Bonchev–Trinajstić information content (AvgIpc) is 3.06. The number of benzene rings is 1. The van der Waals surface area contributed by atoms with E-state index in [9.17, 15) is 27.9 Å². The number of H-pyrrole nitrogens is 1. The van der Waals surface area contributed by atoms with Crippen molar-refractivity contribution >= 4 is 11.6 Å². The average molecular weight is 434 g/mol. The van der Waals surface area contributed by atoms with Gasteiger partial charge in [0.15, 0.2) is 0 Å². The summed E-state index contributed by atoms with van der Waals surface area (Å²) in [6.07, 6.45) is -4.32. The summed E-state index contributed by atoms with van der Waals surface area (Å²) in [7, 11) is 0. The second kappa shape index (κ2) is 8.31. The Kier molecular flexibility index (Phi) is 6.18. The predicted octanol–water partition coefficient (Wildman–Crippen LogP) is 1.96. The van der Waals surface area contributed by atoms with Crippen molar-refractivity contribution in [1.82, 2.24) is 14.9 Å². The van der Waals surface area contributed by atoms with E-state index in [1.807, 2.05) is 0 Å². The quantitative estimate of drug-likeness (QED) is 0.670. The van der Waals surface area contributed by atoms with E-state index < -0.39 is 41.4 Å². The lowest BCUT2D eigenvalue weighted by atomic mass is 10.1. The summed E-state index contributed by atoms with van der Waals surface area (Å²) in [6.45, 7) is 1.28. The molecular weight excluding hydrogens is 415 g/mol. The van der Waals surface area contributed by atoms with Crippen LogP contribution in [0.25, 0.3) is 0 Å². The van der Waals surface area contributed by atoms with Crippen LogP contribution in [0.4, 0.5) is 13.2 Å². The maximum Gasteiger partial charge on any atom is 0.417 e. The molecule has 0 spiro atoms. The maximum atomic E-state index is 13.0. The van der Waals surface area contributed by atoms with Crippen LogP contribution < -0.4 is 16.6 Å². The van der Waals surface area contributed by atoms with Crippen molar-refractivity contribution in [1.29, 1.82) is 0 Å². The van der Waals surface area contributed by atoms with E-state index in [2.05, 4.69) is 10.3 Å². The number of aryl methyl sites for hydroxylation is 1. The topological polar surface area (TPSA) is 96.3 Å². The van der Waals surface area contributed by atoms with Gasteiger partial charge in [-0.3, -0.25) is 14.3 Å². The van der Waals surface area contributed by atoms with Crippen molar-refractivity contribution in [2.75, 3.05) is 6.61 Å². The van der Waals surface area contributed by atoms with Crippen LogP contribution in [0.3, 0.4) is 0 Å². The van der Waals surface area contributed by atoms with Crippen molar-refractivity contribution in [3.05, 3.63) is 66.9 Å². The first-order valence-electron chi connectivity index (χ1n) is 8.77. The number of hydrogen-bond acceptors (Lipinski definition) is 5. The fourth-order valence-electron chi connectivity index (χ4n) is 3.23. The standard InChI is InChI=1S/C18H19ClF3N3O4/c1-9-7-25(17(28)24-16(9)27)15-5-13(14(8-26)29-15)23-6-10-2-3-12(19)11(4-10)18(20,21)22/h2-4,7,13-15,23,26H,5-6,8H2,1H3,(H,24,27,28)/t13-,14+,15+/m0/s1. The van der Waals surface area contributed by atoms with Gasteiger partial charge in [-0.1, -0.05) is 17.7 Å². The highest BCUT2D eigenvalue weighted by Gasteiger charge is 2.36. The summed E-state index contributed by atoms with van der Waals surface area (Å²) < 4.78 is 46.0. The number of rotatable bonds is 5. The zero-order valence-electron chi connectivity index (χ0n) is 15.3. The SMILES string of the molecule is Cc1cn([C@H]2C[C@H](NCc3ccc(Cl)c(C(F)(F)F)c3)[C@@H](CO)O2)c(=O)[nH]c1=O. The summed E-state index contributed by atoms with van der Waals surface area (Å²) >= 11 is 5.63. The third-order valence-electron chi connectivity index (χ3n) is 4.78. The first-order valence-corrected chi connectivity index (χ1v) is 9.15. The van der Waals surface area contributed by atoms with Gasteiger partial charge in [-0.15, -0.1) is 0 Å². The molecule has 7 nitrogen and oxygen atoms in total. The number of hydrogen-bond donors (Lipinski definition) is 3. The van der Waals surface area contributed by atoms with Crippen LogP contribution in [0.5, 0.6) is 0 Å². The highest BCUT2D eigenvalue weighted by molar-refractivity contribution is 6.31. The molecule has 29 heavy (non-hydrogen) atoms. The second-order valence-electron chi connectivity index (χ2n) is 6.83. The highest BCUT2D eigenvalue weighted by atomic mass is 35.5. The molecule has 158 valence electrons. The van der Waals surface area contributed by atoms with Crippen LogP contribution >= 0.6 is 11.6 Å². The summed E-state index contributed by atoms with van der Waals surface area (Å²) in [6, 6.07) is 3.20. The van der Waals surface area contributed by atoms with Crippen molar-refractivity contribution in [3.63, 3.8) is 0 Å². The van der Waals surface area contributed by atoms with Crippen LogP contribution in [0.15, 0.2) is 34.0 Å². The third-order valence-corrected chi connectivity index (χ3v) is 5.11. The summed E-state index contributed by atoms with van der Waals surface area (Å²) in [5.74, 6) is 0. The number of nitrogens with zero attached hydrogens (tertiary/aromatic N) is 1. The van der Waals surface area contributed by atoms with Gasteiger partial charge in [0.25, 0.3) is 5.56 Å². The number of nitrogens with one attached hydrogen (secondary N) is 2. The molecule has 0 bridgehead atoms. The molecule has 11 heteroatoms. The molecule has 2 aromatic rings. The molecular formula is C18H19ClF3N3O4. The lowest BCUT2D eigenvalue weighted by Gasteiger charge is -2.18. The molecule has 3 atom stereocenters. The monoisotopic (exact) mass is 433 g/mol.